The number of Topliss-reactive ketones (excluding diaryl/α,β-unsaturated/α-hetero) is 1. The number of hydrogen-bond donors (Lipinski definition) is 0. The van der Waals surface area contributed by atoms with Crippen LogP contribution in [0.2, 0.25) is 0 Å². The molecule has 1 aliphatic heterocycles. The summed E-state index contributed by atoms with van der Waals surface area (Å²) in [7, 11) is 2.83. The third kappa shape index (κ3) is 4.13. The zero-order chi connectivity index (χ0) is 22.7. The van der Waals surface area contributed by atoms with Gasteiger partial charge in [-0.15, -0.1) is 0 Å². The topological polar surface area (TPSA) is 91.3 Å². The van der Waals surface area contributed by atoms with Crippen LogP contribution in [-0.2, 0) is 23.9 Å². The summed E-state index contributed by atoms with van der Waals surface area (Å²) < 4.78 is 15.9. The standard InChI is InChI=1S/C24H29NO6/c1-6-11-31-24(28)19-14(3)25-16-12-13(2)18(23(27)30-5)22(26)21(16)20(19)15-9-7-8-10-17(15)29-4/h7-10,13,18,20-21H,6,11-12H2,1-5H3/t13-,18-,20-,21-/m1/s1. The molecule has 3 rings (SSSR count). The van der Waals surface area contributed by atoms with E-state index in [-0.39, 0.29) is 18.3 Å². The molecule has 166 valence electrons. The maximum atomic E-state index is 13.6. The van der Waals surface area contributed by atoms with E-state index in [2.05, 4.69) is 4.99 Å². The number of nitrogens with zero attached hydrogens (tertiary/aromatic N) is 1. The highest BCUT2D eigenvalue weighted by molar-refractivity contribution is 6.17. The van der Waals surface area contributed by atoms with Gasteiger partial charge >= 0.3 is 11.9 Å². The molecule has 0 amide bonds. The number of rotatable bonds is 6. The number of benzene rings is 1. The second kappa shape index (κ2) is 9.45. The molecule has 1 heterocycles. The van der Waals surface area contributed by atoms with Crippen molar-refractivity contribution in [2.24, 2.45) is 22.7 Å². The summed E-state index contributed by atoms with van der Waals surface area (Å²) in [6, 6.07) is 7.29. The lowest BCUT2D eigenvalue weighted by atomic mass is 9.63. The van der Waals surface area contributed by atoms with Gasteiger partial charge < -0.3 is 14.2 Å². The van der Waals surface area contributed by atoms with Crippen molar-refractivity contribution in [2.75, 3.05) is 20.8 Å². The van der Waals surface area contributed by atoms with Gasteiger partial charge in [0, 0.05) is 22.9 Å². The number of ether oxygens (including phenoxy) is 3. The van der Waals surface area contributed by atoms with Gasteiger partial charge in [0.15, 0.2) is 5.78 Å². The molecule has 7 heteroatoms. The van der Waals surface area contributed by atoms with Crippen molar-refractivity contribution in [1.29, 1.82) is 0 Å². The molecular weight excluding hydrogens is 398 g/mol. The fourth-order valence-electron chi connectivity index (χ4n) is 4.63. The highest BCUT2D eigenvalue weighted by Gasteiger charge is 2.51. The van der Waals surface area contributed by atoms with Crippen molar-refractivity contribution in [3.8, 4) is 5.75 Å². The van der Waals surface area contributed by atoms with Gasteiger partial charge in [0.1, 0.15) is 11.7 Å². The Hall–Kier alpha value is -2.96. The molecule has 0 spiro atoms. The third-order valence-corrected chi connectivity index (χ3v) is 6.00. The molecule has 0 aromatic heterocycles. The Balaban J connectivity index is 2.19. The van der Waals surface area contributed by atoms with E-state index < -0.39 is 29.7 Å². The molecule has 4 atom stereocenters. The lowest BCUT2D eigenvalue weighted by molar-refractivity contribution is -0.152. The van der Waals surface area contributed by atoms with Crippen LogP contribution in [-0.4, -0.2) is 44.3 Å². The minimum atomic E-state index is -0.905. The van der Waals surface area contributed by atoms with E-state index in [1.165, 1.54) is 7.11 Å². The Kier molecular flexibility index (Phi) is 6.93. The largest absolute Gasteiger partial charge is 0.496 e. The van der Waals surface area contributed by atoms with Crippen molar-refractivity contribution in [3.63, 3.8) is 0 Å². The van der Waals surface area contributed by atoms with Crippen LogP contribution in [0.1, 0.15) is 45.1 Å². The minimum Gasteiger partial charge on any atom is -0.496 e. The number of aliphatic imine (C=N–C) groups is 1. The Morgan fingerprint density at radius 1 is 1.16 bits per heavy atom. The third-order valence-electron chi connectivity index (χ3n) is 6.00. The molecule has 7 nitrogen and oxygen atoms in total. The number of fused-ring (bicyclic) bond motifs is 1. The monoisotopic (exact) mass is 427 g/mol. The summed E-state index contributed by atoms with van der Waals surface area (Å²) in [4.78, 5) is 43.8. The zero-order valence-electron chi connectivity index (χ0n) is 18.6. The number of hydrogen-bond acceptors (Lipinski definition) is 7. The Labute approximate surface area is 182 Å². The van der Waals surface area contributed by atoms with E-state index >= 15 is 0 Å². The molecule has 0 unspecified atom stereocenters. The Morgan fingerprint density at radius 3 is 2.52 bits per heavy atom. The molecule has 0 saturated heterocycles. The van der Waals surface area contributed by atoms with Gasteiger partial charge in [-0.05, 0) is 31.7 Å². The molecule has 31 heavy (non-hydrogen) atoms. The number of carbonyl (C=O) groups excluding carboxylic acids is 3. The van der Waals surface area contributed by atoms with Crippen LogP contribution in [0, 0.1) is 17.8 Å². The molecule has 0 N–H and O–H groups in total. The molecule has 1 fully saturated rings. The summed E-state index contributed by atoms with van der Waals surface area (Å²) in [6.07, 6.45) is 1.15. The van der Waals surface area contributed by atoms with E-state index in [1.54, 1.807) is 20.1 Å². The fraction of sp³-hybridized carbons (Fsp3) is 0.500. The van der Waals surface area contributed by atoms with Gasteiger partial charge in [0.25, 0.3) is 0 Å². The second-order valence-electron chi connectivity index (χ2n) is 8.02. The van der Waals surface area contributed by atoms with E-state index in [9.17, 15) is 14.4 Å². The van der Waals surface area contributed by atoms with Gasteiger partial charge in [0.05, 0.1) is 32.3 Å². The first-order chi connectivity index (χ1) is 14.8. The molecule has 2 aliphatic rings. The molecule has 1 aliphatic carbocycles. The van der Waals surface area contributed by atoms with E-state index in [1.807, 2.05) is 32.0 Å². The van der Waals surface area contributed by atoms with Gasteiger partial charge in [-0.25, -0.2) is 4.79 Å². The van der Waals surface area contributed by atoms with Crippen LogP contribution < -0.4 is 4.74 Å². The summed E-state index contributed by atoms with van der Waals surface area (Å²) in [5, 5.41) is 0. The van der Waals surface area contributed by atoms with Crippen molar-refractivity contribution in [1.82, 2.24) is 0 Å². The highest BCUT2D eigenvalue weighted by atomic mass is 16.5. The second-order valence-corrected chi connectivity index (χ2v) is 8.02. The van der Waals surface area contributed by atoms with E-state index in [4.69, 9.17) is 14.2 Å². The molecule has 0 radical (unpaired) electrons. The lowest BCUT2D eigenvalue weighted by Crippen LogP contribution is -2.48. The average molecular weight is 427 g/mol. The summed E-state index contributed by atoms with van der Waals surface area (Å²) >= 11 is 0. The maximum absolute atomic E-state index is 13.6. The van der Waals surface area contributed by atoms with Gasteiger partial charge in [-0.1, -0.05) is 32.0 Å². The zero-order valence-corrected chi connectivity index (χ0v) is 18.6. The number of methoxy groups -OCH3 is 2. The quantitative estimate of drug-likeness (QED) is 0.510. The molecule has 1 saturated carbocycles. The van der Waals surface area contributed by atoms with Crippen LogP contribution in [0.3, 0.4) is 0 Å². The van der Waals surface area contributed by atoms with Gasteiger partial charge in [-0.3, -0.25) is 14.6 Å². The molecule has 0 bridgehead atoms. The number of ketones is 1. The summed E-state index contributed by atoms with van der Waals surface area (Å²) in [5.41, 5.74) is 2.23. The highest BCUT2D eigenvalue weighted by Crippen LogP contribution is 2.47. The van der Waals surface area contributed by atoms with Crippen LogP contribution in [0.5, 0.6) is 5.75 Å². The van der Waals surface area contributed by atoms with Crippen LogP contribution in [0.4, 0.5) is 0 Å². The first-order valence-electron chi connectivity index (χ1n) is 10.5. The summed E-state index contributed by atoms with van der Waals surface area (Å²) in [5.74, 6) is -3.34. The lowest BCUT2D eigenvalue weighted by Gasteiger charge is -2.40. The number of carbonyl (C=O) groups is 3. The Morgan fingerprint density at radius 2 is 1.87 bits per heavy atom. The first-order valence-corrected chi connectivity index (χ1v) is 10.5. The number of esters is 2. The predicted molar refractivity (Wildman–Crippen MR) is 115 cm³/mol. The van der Waals surface area contributed by atoms with Gasteiger partial charge in [0.2, 0.25) is 0 Å². The maximum Gasteiger partial charge on any atom is 0.336 e. The minimum absolute atomic E-state index is 0.241. The van der Waals surface area contributed by atoms with Crippen LogP contribution >= 0.6 is 0 Å². The predicted octanol–water partition coefficient (Wildman–Crippen LogP) is 3.47. The van der Waals surface area contributed by atoms with Crippen LogP contribution in [0.25, 0.3) is 0 Å². The van der Waals surface area contributed by atoms with Crippen molar-refractivity contribution in [3.05, 3.63) is 41.1 Å². The normalized spacial score (nSPS) is 25.5. The first kappa shape index (κ1) is 22.7. The summed E-state index contributed by atoms with van der Waals surface area (Å²) in [6.45, 7) is 5.79. The van der Waals surface area contributed by atoms with Crippen LogP contribution in [0.15, 0.2) is 40.5 Å². The van der Waals surface area contributed by atoms with Crippen molar-refractivity contribution in [2.45, 2.75) is 39.5 Å². The Bertz CT molecular complexity index is 947. The number of allylic oxidation sites excluding steroid dienone is 1. The number of para-hydroxylation sites is 1. The molecule has 1 aromatic rings. The van der Waals surface area contributed by atoms with Gasteiger partial charge in [-0.2, -0.15) is 0 Å². The van der Waals surface area contributed by atoms with E-state index in [0.717, 1.165) is 0 Å². The van der Waals surface area contributed by atoms with Crippen molar-refractivity contribution < 1.29 is 28.6 Å². The molecular formula is C24H29NO6. The SMILES string of the molecule is CCCOC(=O)C1=C(C)N=C2C[C@@H](C)[C@@H](C(=O)OC)C(=O)[C@H]2[C@@H]1c1ccccc1OC. The average Bonchev–Trinajstić information content (AvgIpc) is 2.76. The molecule has 1 aromatic carbocycles. The van der Waals surface area contributed by atoms with Crippen molar-refractivity contribution >= 4 is 23.4 Å². The smallest absolute Gasteiger partial charge is 0.336 e. The fourth-order valence-corrected chi connectivity index (χ4v) is 4.63. The van der Waals surface area contributed by atoms with E-state index in [0.29, 0.717) is 41.1 Å².